The first kappa shape index (κ1) is 24.9. The Morgan fingerprint density at radius 2 is 1.51 bits per heavy atom. The fourth-order valence-electron chi connectivity index (χ4n) is 4.99. The van der Waals surface area contributed by atoms with Crippen LogP contribution >= 0.6 is 0 Å². The van der Waals surface area contributed by atoms with E-state index >= 15 is 0 Å². The van der Waals surface area contributed by atoms with E-state index in [1.165, 1.54) is 40.4 Å². The minimum atomic E-state index is -3.90. The normalized spacial score (nSPS) is 13.8. The summed E-state index contributed by atoms with van der Waals surface area (Å²) in [6.07, 6.45) is 1.66. The molecule has 0 spiro atoms. The maximum absolute atomic E-state index is 13.6. The first-order chi connectivity index (χ1) is 18.9. The number of para-hydroxylation sites is 1. The van der Waals surface area contributed by atoms with Gasteiger partial charge in [-0.3, -0.25) is 4.79 Å². The second-order valence-electron chi connectivity index (χ2n) is 9.71. The molecular weight excluding hydrogens is 513 g/mol. The van der Waals surface area contributed by atoms with Crippen molar-refractivity contribution in [1.29, 1.82) is 0 Å². The van der Waals surface area contributed by atoms with Gasteiger partial charge in [-0.05, 0) is 60.2 Å². The molecule has 1 aliphatic rings. The Kier molecular flexibility index (Phi) is 6.40. The molecule has 4 aromatic carbocycles. The van der Waals surface area contributed by atoms with E-state index in [0.29, 0.717) is 23.5 Å². The SMILES string of the molecule is O=C(NCC1CN(c2ccc(F)cc2)C1)c1ccc(S(=O)(=O)n2cc(-c3ccccc3)c3ccccc32)cc1. The molecule has 0 aliphatic carbocycles. The van der Waals surface area contributed by atoms with Crippen LogP contribution in [0.3, 0.4) is 0 Å². The Bertz CT molecular complexity index is 1740. The van der Waals surface area contributed by atoms with Crippen molar-refractivity contribution in [2.45, 2.75) is 4.90 Å². The average molecular weight is 540 g/mol. The Labute approximate surface area is 226 Å². The lowest BCUT2D eigenvalue weighted by atomic mass is 9.99. The summed E-state index contributed by atoms with van der Waals surface area (Å²) >= 11 is 0. The van der Waals surface area contributed by atoms with Gasteiger partial charge in [0, 0.05) is 53.9 Å². The van der Waals surface area contributed by atoms with E-state index in [9.17, 15) is 17.6 Å². The molecule has 1 fully saturated rings. The first-order valence-corrected chi connectivity index (χ1v) is 14.1. The molecule has 1 aromatic heterocycles. The van der Waals surface area contributed by atoms with E-state index in [0.717, 1.165) is 35.3 Å². The molecule has 6 nitrogen and oxygen atoms in total. The number of anilines is 1. The van der Waals surface area contributed by atoms with Crippen molar-refractivity contribution in [2.24, 2.45) is 5.92 Å². The molecule has 1 amide bonds. The zero-order valence-corrected chi connectivity index (χ0v) is 21.8. The summed E-state index contributed by atoms with van der Waals surface area (Å²) in [5, 5.41) is 3.78. The Morgan fingerprint density at radius 3 is 2.23 bits per heavy atom. The maximum Gasteiger partial charge on any atom is 0.268 e. The van der Waals surface area contributed by atoms with Gasteiger partial charge >= 0.3 is 0 Å². The van der Waals surface area contributed by atoms with Gasteiger partial charge in [0.15, 0.2) is 0 Å². The number of hydrogen-bond donors (Lipinski definition) is 1. The molecule has 0 bridgehead atoms. The Balaban J connectivity index is 1.15. The first-order valence-electron chi connectivity index (χ1n) is 12.7. The zero-order chi connectivity index (χ0) is 27.0. The molecule has 0 atom stereocenters. The molecule has 5 aromatic rings. The largest absolute Gasteiger partial charge is 0.371 e. The van der Waals surface area contributed by atoms with Crippen LogP contribution in [0.25, 0.3) is 22.0 Å². The predicted octanol–water partition coefficient (Wildman–Crippen LogP) is 5.55. The van der Waals surface area contributed by atoms with Gasteiger partial charge in [-0.15, -0.1) is 0 Å². The molecule has 1 aliphatic heterocycles. The third kappa shape index (κ3) is 4.79. The van der Waals surface area contributed by atoms with Gasteiger partial charge in [-0.1, -0.05) is 48.5 Å². The van der Waals surface area contributed by atoms with E-state index in [-0.39, 0.29) is 16.6 Å². The third-order valence-electron chi connectivity index (χ3n) is 7.14. The average Bonchev–Trinajstić information content (AvgIpc) is 3.34. The van der Waals surface area contributed by atoms with Crippen molar-refractivity contribution < 1.29 is 17.6 Å². The van der Waals surface area contributed by atoms with Crippen LogP contribution in [0.2, 0.25) is 0 Å². The smallest absolute Gasteiger partial charge is 0.268 e. The monoisotopic (exact) mass is 539 g/mol. The minimum Gasteiger partial charge on any atom is -0.371 e. The molecule has 6 rings (SSSR count). The third-order valence-corrected chi connectivity index (χ3v) is 8.82. The van der Waals surface area contributed by atoms with Gasteiger partial charge in [-0.2, -0.15) is 0 Å². The number of halogens is 1. The van der Waals surface area contributed by atoms with Gasteiger partial charge in [0.2, 0.25) is 0 Å². The van der Waals surface area contributed by atoms with Crippen molar-refractivity contribution in [3.05, 3.63) is 121 Å². The summed E-state index contributed by atoms with van der Waals surface area (Å²) in [6, 6.07) is 29.5. The van der Waals surface area contributed by atoms with E-state index in [1.807, 2.05) is 48.5 Å². The molecule has 39 heavy (non-hydrogen) atoms. The second-order valence-corrected chi connectivity index (χ2v) is 11.5. The maximum atomic E-state index is 13.6. The molecule has 196 valence electrons. The molecule has 1 N–H and O–H groups in total. The van der Waals surface area contributed by atoms with E-state index in [1.54, 1.807) is 24.4 Å². The number of amides is 1. The lowest BCUT2D eigenvalue weighted by Crippen LogP contribution is -2.51. The summed E-state index contributed by atoms with van der Waals surface area (Å²) in [5.74, 6) is -0.225. The summed E-state index contributed by atoms with van der Waals surface area (Å²) in [6.45, 7) is 2.06. The van der Waals surface area contributed by atoms with Crippen LogP contribution in [0.1, 0.15) is 10.4 Å². The number of nitrogens with zero attached hydrogens (tertiary/aromatic N) is 2. The predicted molar refractivity (Wildman–Crippen MR) is 151 cm³/mol. The highest BCUT2D eigenvalue weighted by molar-refractivity contribution is 7.90. The zero-order valence-electron chi connectivity index (χ0n) is 21.0. The van der Waals surface area contributed by atoms with Gasteiger partial charge in [-0.25, -0.2) is 16.8 Å². The molecule has 0 radical (unpaired) electrons. The van der Waals surface area contributed by atoms with Crippen LogP contribution in [0, 0.1) is 11.7 Å². The Hall–Kier alpha value is -4.43. The molecule has 0 unspecified atom stereocenters. The van der Waals surface area contributed by atoms with Crippen LogP contribution in [0.5, 0.6) is 0 Å². The van der Waals surface area contributed by atoms with E-state index in [2.05, 4.69) is 10.2 Å². The number of rotatable bonds is 7. The number of nitrogens with one attached hydrogen (secondary N) is 1. The number of carbonyl (C=O) groups excluding carboxylic acids is 1. The summed E-state index contributed by atoms with van der Waals surface area (Å²) < 4.78 is 41.7. The molecule has 8 heteroatoms. The highest BCUT2D eigenvalue weighted by Crippen LogP contribution is 2.33. The quantitative estimate of drug-likeness (QED) is 0.294. The van der Waals surface area contributed by atoms with Crippen molar-refractivity contribution in [3.63, 3.8) is 0 Å². The van der Waals surface area contributed by atoms with Crippen molar-refractivity contribution in [2.75, 3.05) is 24.5 Å². The van der Waals surface area contributed by atoms with Gasteiger partial charge in [0.05, 0.1) is 10.4 Å². The summed E-state index contributed by atoms with van der Waals surface area (Å²) in [7, 11) is -3.90. The van der Waals surface area contributed by atoms with Crippen LogP contribution < -0.4 is 10.2 Å². The van der Waals surface area contributed by atoms with Crippen LogP contribution in [-0.4, -0.2) is 37.9 Å². The number of hydrogen-bond acceptors (Lipinski definition) is 4. The Morgan fingerprint density at radius 1 is 0.846 bits per heavy atom. The second kappa shape index (κ2) is 10.0. The lowest BCUT2D eigenvalue weighted by Gasteiger charge is -2.41. The molecular formula is C31H26FN3O3S. The van der Waals surface area contributed by atoms with Crippen LogP contribution in [0.4, 0.5) is 10.1 Å². The molecule has 2 heterocycles. The highest BCUT2D eigenvalue weighted by atomic mass is 32.2. The summed E-state index contributed by atoms with van der Waals surface area (Å²) in [4.78, 5) is 15.0. The van der Waals surface area contributed by atoms with E-state index < -0.39 is 10.0 Å². The lowest BCUT2D eigenvalue weighted by molar-refractivity contribution is 0.0944. The van der Waals surface area contributed by atoms with Crippen molar-refractivity contribution in [1.82, 2.24) is 9.29 Å². The minimum absolute atomic E-state index is 0.105. The van der Waals surface area contributed by atoms with Gasteiger partial charge in [0.25, 0.3) is 15.9 Å². The van der Waals surface area contributed by atoms with Crippen LogP contribution in [-0.2, 0) is 10.0 Å². The topological polar surface area (TPSA) is 71.4 Å². The number of benzene rings is 4. The number of carbonyl (C=O) groups is 1. The summed E-state index contributed by atoms with van der Waals surface area (Å²) in [5.41, 5.74) is 3.71. The standard InChI is InChI=1S/C31H26FN3O3S/c32-25-12-14-26(15-13-25)34-19-22(20-34)18-33-31(36)24-10-16-27(17-11-24)39(37,38)35-21-29(23-6-2-1-3-7-23)28-8-4-5-9-30(28)35/h1-17,21-22H,18-20H2,(H,33,36). The number of aromatic nitrogens is 1. The fraction of sp³-hybridized carbons (Fsp3) is 0.129. The molecule has 0 saturated carbocycles. The molecule has 1 saturated heterocycles. The number of fused-ring (bicyclic) bond motifs is 1. The fourth-order valence-corrected chi connectivity index (χ4v) is 6.36. The highest BCUT2D eigenvalue weighted by Gasteiger charge is 2.27. The van der Waals surface area contributed by atoms with Crippen LogP contribution in [0.15, 0.2) is 114 Å². The van der Waals surface area contributed by atoms with E-state index in [4.69, 9.17) is 0 Å². The van der Waals surface area contributed by atoms with Crippen molar-refractivity contribution >= 4 is 32.5 Å². The van der Waals surface area contributed by atoms with Gasteiger partial charge < -0.3 is 10.2 Å². The van der Waals surface area contributed by atoms with Gasteiger partial charge in [0.1, 0.15) is 5.82 Å². The van der Waals surface area contributed by atoms with Crippen molar-refractivity contribution in [3.8, 4) is 11.1 Å².